The quantitative estimate of drug-likeness (QED) is 0.452. The third-order valence-electron chi connectivity index (χ3n) is 5.62. The first-order chi connectivity index (χ1) is 15.7. The van der Waals surface area contributed by atoms with Gasteiger partial charge in [0.1, 0.15) is 18.0 Å². The molecule has 0 radical (unpaired) electrons. The van der Waals surface area contributed by atoms with Crippen molar-refractivity contribution in [3.05, 3.63) is 95.4 Å². The summed E-state index contributed by atoms with van der Waals surface area (Å²) in [5.41, 5.74) is 3.44. The fraction of sp³-hybridized carbons (Fsp3) is 0.200. The summed E-state index contributed by atoms with van der Waals surface area (Å²) >= 11 is 6.12. The van der Waals surface area contributed by atoms with Crippen LogP contribution in [-0.2, 0) is 6.61 Å². The third-order valence-corrected chi connectivity index (χ3v) is 5.86. The van der Waals surface area contributed by atoms with Gasteiger partial charge in [-0.1, -0.05) is 29.8 Å². The molecule has 5 rings (SSSR count). The van der Waals surface area contributed by atoms with Crippen LogP contribution in [0.5, 0.6) is 5.75 Å². The van der Waals surface area contributed by atoms with Gasteiger partial charge in [0.05, 0.1) is 5.69 Å². The second-order valence-corrected chi connectivity index (χ2v) is 8.21. The Morgan fingerprint density at radius 2 is 1.81 bits per heavy atom. The molecule has 0 aliphatic carbocycles. The van der Waals surface area contributed by atoms with Crippen molar-refractivity contribution in [1.82, 2.24) is 14.3 Å². The fourth-order valence-corrected chi connectivity index (χ4v) is 4.14. The van der Waals surface area contributed by atoms with Gasteiger partial charge in [-0.3, -0.25) is 4.79 Å². The van der Waals surface area contributed by atoms with Crippen LogP contribution in [0.2, 0.25) is 5.02 Å². The minimum absolute atomic E-state index is 0.0222. The van der Waals surface area contributed by atoms with Crippen LogP contribution < -0.4 is 9.64 Å². The predicted octanol–water partition coefficient (Wildman–Crippen LogP) is 4.53. The van der Waals surface area contributed by atoms with E-state index in [1.54, 1.807) is 0 Å². The average Bonchev–Trinajstić information content (AvgIpc) is 3.26. The van der Waals surface area contributed by atoms with E-state index in [0.29, 0.717) is 31.0 Å². The Balaban J connectivity index is 1.21. The number of pyridine rings is 1. The van der Waals surface area contributed by atoms with E-state index >= 15 is 0 Å². The standard InChI is InChI=1S/C25H23ClN4O2/c26-20-6-4-7-22(16-20)28-11-13-29(14-12-28)25(31)19-5-3-8-23(15-19)32-18-21-17-30-10-2-1-9-24(30)27-21/h1-10,15-17H,11-14,18H2. The van der Waals surface area contributed by atoms with Gasteiger partial charge in [-0.25, -0.2) is 4.98 Å². The number of nitrogens with zero attached hydrogens (tertiary/aromatic N) is 4. The minimum Gasteiger partial charge on any atom is -0.487 e. The Kier molecular flexibility index (Phi) is 5.69. The van der Waals surface area contributed by atoms with Gasteiger partial charge in [0.15, 0.2) is 0 Å². The molecule has 0 N–H and O–H groups in total. The topological polar surface area (TPSA) is 50.1 Å². The van der Waals surface area contributed by atoms with E-state index in [0.717, 1.165) is 35.1 Å². The van der Waals surface area contributed by atoms with Gasteiger partial charge < -0.3 is 18.9 Å². The summed E-state index contributed by atoms with van der Waals surface area (Å²) in [6.07, 6.45) is 3.90. The van der Waals surface area contributed by atoms with Crippen molar-refractivity contribution in [2.75, 3.05) is 31.1 Å². The molecule has 1 aliphatic rings. The van der Waals surface area contributed by atoms with E-state index in [9.17, 15) is 4.79 Å². The summed E-state index contributed by atoms with van der Waals surface area (Å²) in [4.78, 5) is 21.7. The Labute approximate surface area is 191 Å². The molecule has 4 aromatic rings. The lowest BCUT2D eigenvalue weighted by Gasteiger charge is -2.36. The van der Waals surface area contributed by atoms with Crippen molar-refractivity contribution in [2.45, 2.75) is 6.61 Å². The molecular weight excluding hydrogens is 424 g/mol. The molecule has 162 valence electrons. The molecule has 1 saturated heterocycles. The van der Waals surface area contributed by atoms with Crippen LogP contribution in [-0.4, -0.2) is 46.4 Å². The molecule has 1 amide bonds. The number of imidazole rings is 1. The largest absolute Gasteiger partial charge is 0.487 e. The molecule has 0 spiro atoms. The highest BCUT2D eigenvalue weighted by molar-refractivity contribution is 6.30. The van der Waals surface area contributed by atoms with Gasteiger partial charge in [0.2, 0.25) is 0 Å². The van der Waals surface area contributed by atoms with Crippen LogP contribution in [0.3, 0.4) is 0 Å². The number of amides is 1. The summed E-state index contributed by atoms with van der Waals surface area (Å²) in [6, 6.07) is 21.1. The number of carbonyl (C=O) groups excluding carboxylic acids is 1. The molecule has 6 nitrogen and oxygen atoms in total. The summed E-state index contributed by atoms with van der Waals surface area (Å²) in [5.74, 6) is 0.680. The molecule has 0 bridgehead atoms. The first kappa shape index (κ1) is 20.4. The average molecular weight is 447 g/mol. The maximum Gasteiger partial charge on any atom is 0.254 e. The number of piperazine rings is 1. The lowest BCUT2D eigenvalue weighted by Crippen LogP contribution is -2.48. The van der Waals surface area contributed by atoms with Crippen molar-refractivity contribution < 1.29 is 9.53 Å². The van der Waals surface area contributed by atoms with Gasteiger partial charge >= 0.3 is 0 Å². The Hall–Kier alpha value is -3.51. The van der Waals surface area contributed by atoms with Crippen LogP contribution in [0.4, 0.5) is 5.69 Å². The molecule has 1 fully saturated rings. The smallest absolute Gasteiger partial charge is 0.254 e. The van der Waals surface area contributed by atoms with E-state index in [4.69, 9.17) is 16.3 Å². The highest BCUT2D eigenvalue weighted by Crippen LogP contribution is 2.22. The van der Waals surface area contributed by atoms with Gasteiger partial charge in [-0.2, -0.15) is 0 Å². The summed E-state index contributed by atoms with van der Waals surface area (Å²) < 4.78 is 7.88. The molecule has 0 atom stereocenters. The van der Waals surface area contributed by atoms with Crippen molar-refractivity contribution >= 4 is 28.8 Å². The minimum atomic E-state index is 0.0222. The number of benzene rings is 2. The molecule has 0 saturated carbocycles. The zero-order chi connectivity index (χ0) is 21.9. The summed E-state index contributed by atoms with van der Waals surface area (Å²) in [7, 11) is 0. The lowest BCUT2D eigenvalue weighted by atomic mass is 10.1. The summed E-state index contributed by atoms with van der Waals surface area (Å²) in [5, 5.41) is 0.724. The molecule has 2 aromatic heterocycles. The number of hydrogen-bond donors (Lipinski definition) is 0. The van der Waals surface area contributed by atoms with Crippen molar-refractivity contribution in [3.63, 3.8) is 0 Å². The monoisotopic (exact) mass is 446 g/mol. The van der Waals surface area contributed by atoms with Crippen LogP contribution in [0.25, 0.3) is 5.65 Å². The van der Waals surface area contributed by atoms with E-state index in [1.807, 2.05) is 88.4 Å². The van der Waals surface area contributed by atoms with Crippen LogP contribution >= 0.6 is 11.6 Å². The van der Waals surface area contributed by atoms with E-state index < -0.39 is 0 Å². The summed E-state index contributed by atoms with van der Waals surface area (Å²) in [6.45, 7) is 3.22. The molecule has 32 heavy (non-hydrogen) atoms. The first-order valence-electron chi connectivity index (χ1n) is 10.6. The van der Waals surface area contributed by atoms with Crippen molar-refractivity contribution in [1.29, 1.82) is 0 Å². The SMILES string of the molecule is O=C(c1cccc(OCc2cn3ccccc3n2)c1)N1CCN(c2cccc(Cl)c2)CC1. The normalized spacial score (nSPS) is 14.0. The highest BCUT2D eigenvalue weighted by atomic mass is 35.5. The molecule has 7 heteroatoms. The van der Waals surface area contributed by atoms with Crippen LogP contribution in [0, 0.1) is 0 Å². The molecule has 1 aliphatic heterocycles. The maximum atomic E-state index is 13.1. The molecular formula is C25H23ClN4O2. The van der Waals surface area contributed by atoms with E-state index in [2.05, 4.69) is 9.88 Å². The number of aromatic nitrogens is 2. The van der Waals surface area contributed by atoms with E-state index in [-0.39, 0.29) is 5.91 Å². The Bertz CT molecular complexity index is 1210. The van der Waals surface area contributed by atoms with E-state index in [1.165, 1.54) is 0 Å². The van der Waals surface area contributed by atoms with Crippen LogP contribution in [0.1, 0.15) is 16.1 Å². The number of anilines is 1. The van der Waals surface area contributed by atoms with Crippen molar-refractivity contribution in [2.24, 2.45) is 0 Å². The zero-order valence-corrected chi connectivity index (χ0v) is 18.3. The zero-order valence-electron chi connectivity index (χ0n) is 17.5. The first-order valence-corrected chi connectivity index (χ1v) is 11.0. The number of rotatable bonds is 5. The van der Waals surface area contributed by atoms with Gasteiger partial charge in [-0.05, 0) is 48.5 Å². The maximum absolute atomic E-state index is 13.1. The van der Waals surface area contributed by atoms with Gasteiger partial charge in [0, 0.05) is 54.8 Å². The predicted molar refractivity (Wildman–Crippen MR) is 126 cm³/mol. The second-order valence-electron chi connectivity index (χ2n) is 7.77. The third kappa shape index (κ3) is 4.41. The Morgan fingerprint density at radius 1 is 0.969 bits per heavy atom. The van der Waals surface area contributed by atoms with Gasteiger partial charge in [0.25, 0.3) is 5.91 Å². The number of ether oxygens (including phenoxy) is 1. The fourth-order valence-electron chi connectivity index (χ4n) is 3.96. The number of hydrogen-bond acceptors (Lipinski definition) is 4. The number of carbonyl (C=O) groups is 1. The Morgan fingerprint density at radius 3 is 2.62 bits per heavy atom. The second kappa shape index (κ2) is 8.93. The van der Waals surface area contributed by atoms with Crippen molar-refractivity contribution in [3.8, 4) is 5.75 Å². The highest BCUT2D eigenvalue weighted by Gasteiger charge is 2.22. The molecule has 2 aromatic carbocycles. The number of halogens is 1. The lowest BCUT2D eigenvalue weighted by molar-refractivity contribution is 0.0746. The van der Waals surface area contributed by atoms with Crippen LogP contribution in [0.15, 0.2) is 79.1 Å². The van der Waals surface area contributed by atoms with Gasteiger partial charge in [-0.15, -0.1) is 0 Å². The number of fused-ring (bicyclic) bond motifs is 1. The molecule has 0 unspecified atom stereocenters. The molecule has 3 heterocycles.